The fraction of sp³-hybridized carbons (Fsp3) is 0.357. The number of methoxy groups -OCH3 is 1. The summed E-state index contributed by atoms with van der Waals surface area (Å²) in [4.78, 5) is 35.3. The minimum Gasteiger partial charge on any atom is -0.495 e. The van der Waals surface area contributed by atoms with Crippen molar-refractivity contribution in [2.75, 3.05) is 38.2 Å². The molecule has 0 bridgehead atoms. The van der Waals surface area contributed by atoms with Crippen LogP contribution in [0.2, 0.25) is 0 Å². The third-order valence-electron chi connectivity index (χ3n) is 7.12. The molecule has 3 heterocycles. The molecule has 5 rings (SSSR count). The van der Waals surface area contributed by atoms with E-state index < -0.39 is 0 Å². The third kappa shape index (κ3) is 4.69. The van der Waals surface area contributed by atoms with Crippen LogP contribution >= 0.6 is 0 Å². The van der Waals surface area contributed by atoms with Gasteiger partial charge in [0, 0.05) is 56.0 Å². The van der Waals surface area contributed by atoms with Gasteiger partial charge in [0.2, 0.25) is 11.7 Å². The Bertz CT molecular complexity index is 1470. The minimum absolute atomic E-state index is 0.0604. The summed E-state index contributed by atoms with van der Waals surface area (Å²) in [6, 6.07) is 17.6. The van der Waals surface area contributed by atoms with Crippen molar-refractivity contribution in [1.82, 2.24) is 24.1 Å². The maximum Gasteiger partial charge on any atom is 0.279 e. The molecule has 1 aliphatic rings. The van der Waals surface area contributed by atoms with Gasteiger partial charge in [-0.25, -0.2) is 0 Å². The average Bonchev–Trinajstić information content (AvgIpc) is 3.39. The van der Waals surface area contributed by atoms with Crippen molar-refractivity contribution < 1.29 is 9.53 Å². The third-order valence-corrected chi connectivity index (χ3v) is 7.12. The van der Waals surface area contributed by atoms with E-state index in [9.17, 15) is 9.59 Å². The normalized spacial score (nSPS) is 13.8. The zero-order chi connectivity index (χ0) is 25.9. The number of carbonyl (C=O) groups excluding carboxylic acids is 1. The highest BCUT2D eigenvalue weighted by atomic mass is 16.5. The molecule has 2 aromatic carbocycles. The summed E-state index contributed by atoms with van der Waals surface area (Å²) >= 11 is 0. The monoisotopic (exact) mass is 500 g/mol. The Labute approximate surface area is 215 Å². The molecule has 0 radical (unpaired) electrons. The molecule has 2 aromatic heterocycles. The standard InChI is InChI=1S/C28H32N6O3/c1-4-33-20(2)22(27(36)34-28(33)29-26(30-34)21-10-6-5-7-11-21)14-15-25(35)32-18-16-31(17-19-32)23-12-8-9-13-24(23)37-3/h5-13H,4,14-19H2,1-3H3. The Balaban J connectivity index is 1.31. The number of anilines is 1. The lowest BCUT2D eigenvalue weighted by Gasteiger charge is -2.36. The van der Waals surface area contributed by atoms with Gasteiger partial charge < -0.3 is 19.1 Å². The molecule has 1 fully saturated rings. The lowest BCUT2D eigenvalue weighted by atomic mass is 10.1. The lowest BCUT2D eigenvalue weighted by Crippen LogP contribution is -2.49. The number of aromatic nitrogens is 4. The van der Waals surface area contributed by atoms with Gasteiger partial charge in [0.05, 0.1) is 12.8 Å². The molecule has 0 aliphatic carbocycles. The molecular formula is C28H32N6O3. The van der Waals surface area contributed by atoms with Crippen molar-refractivity contribution in [3.8, 4) is 17.1 Å². The zero-order valence-corrected chi connectivity index (χ0v) is 21.6. The van der Waals surface area contributed by atoms with Crippen molar-refractivity contribution >= 4 is 17.4 Å². The first kappa shape index (κ1) is 24.5. The summed E-state index contributed by atoms with van der Waals surface area (Å²) in [7, 11) is 1.67. The van der Waals surface area contributed by atoms with E-state index in [1.165, 1.54) is 4.52 Å². The number of nitrogens with zero attached hydrogens (tertiary/aromatic N) is 6. The molecule has 0 saturated carbocycles. The maximum atomic E-state index is 13.4. The van der Waals surface area contributed by atoms with E-state index in [1.807, 2.05) is 77.9 Å². The number of hydrogen-bond acceptors (Lipinski definition) is 6. The molecule has 0 atom stereocenters. The number of piperazine rings is 1. The van der Waals surface area contributed by atoms with Crippen LogP contribution in [0.4, 0.5) is 5.69 Å². The fourth-order valence-corrected chi connectivity index (χ4v) is 5.06. The van der Waals surface area contributed by atoms with Crippen molar-refractivity contribution in [3.05, 3.63) is 76.2 Å². The molecule has 0 N–H and O–H groups in total. The van der Waals surface area contributed by atoms with E-state index in [1.54, 1.807) is 7.11 Å². The van der Waals surface area contributed by atoms with Crippen LogP contribution in [0.1, 0.15) is 24.6 Å². The average molecular weight is 501 g/mol. The summed E-state index contributed by atoms with van der Waals surface area (Å²) in [5.41, 5.74) is 3.14. The van der Waals surface area contributed by atoms with Crippen LogP contribution < -0.4 is 15.2 Å². The number of amides is 1. The summed E-state index contributed by atoms with van der Waals surface area (Å²) < 4.78 is 8.87. The van der Waals surface area contributed by atoms with E-state index in [4.69, 9.17) is 4.74 Å². The molecule has 37 heavy (non-hydrogen) atoms. The molecule has 0 spiro atoms. The second kappa shape index (κ2) is 10.5. The highest BCUT2D eigenvalue weighted by molar-refractivity contribution is 5.77. The first-order chi connectivity index (χ1) is 18.0. The Morgan fingerprint density at radius 1 is 1.00 bits per heavy atom. The molecule has 9 nitrogen and oxygen atoms in total. The van der Waals surface area contributed by atoms with Gasteiger partial charge in [0.1, 0.15) is 5.75 Å². The molecule has 4 aromatic rings. The van der Waals surface area contributed by atoms with Crippen LogP contribution in [0.5, 0.6) is 5.75 Å². The Kier molecular flexibility index (Phi) is 6.94. The molecule has 0 unspecified atom stereocenters. The number of hydrogen-bond donors (Lipinski definition) is 0. The highest BCUT2D eigenvalue weighted by Crippen LogP contribution is 2.28. The summed E-state index contributed by atoms with van der Waals surface area (Å²) in [6.45, 7) is 7.34. The van der Waals surface area contributed by atoms with Crippen molar-refractivity contribution in [3.63, 3.8) is 0 Å². The molecule has 9 heteroatoms. The smallest absolute Gasteiger partial charge is 0.279 e. The number of ether oxygens (including phenoxy) is 1. The highest BCUT2D eigenvalue weighted by Gasteiger charge is 2.24. The van der Waals surface area contributed by atoms with Gasteiger partial charge in [-0.15, -0.1) is 5.10 Å². The predicted molar refractivity (Wildman–Crippen MR) is 143 cm³/mol. The van der Waals surface area contributed by atoms with Gasteiger partial charge in [0.25, 0.3) is 5.56 Å². The summed E-state index contributed by atoms with van der Waals surface area (Å²) in [5, 5.41) is 4.52. The first-order valence-electron chi connectivity index (χ1n) is 12.7. The SMILES string of the molecule is CCn1c(C)c(CCC(=O)N2CCN(c3ccccc3OC)CC2)c(=O)n2nc(-c3ccccc3)nc12. The molecule has 1 aliphatic heterocycles. The summed E-state index contributed by atoms with van der Waals surface area (Å²) in [6.07, 6.45) is 0.646. The molecular weight excluding hydrogens is 468 g/mol. The van der Waals surface area contributed by atoms with Crippen LogP contribution in [-0.2, 0) is 17.8 Å². The van der Waals surface area contributed by atoms with Gasteiger partial charge in [-0.05, 0) is 32.4 Å². The number of para-hydroxylation sites is 2. The number of rotatable bonds is 7. The van der Waals surface area contributed by atoms with Crippen molar-refractivity contribution in [2.45, 2.75) is 33.2 Å². The zero-order valence-electron chi connectivity index (χ0n) is 21.6. The van der Waals surface area contributed by atoms with Crippen molar-refractivity contribution in [1.29, 1.82) is 0 Å². The Morgan fingerprint density at radius 2 is 1.70 bits per heavy atom. The minimum atomic E-state index is -0.208. The molecule has 1 amide bonds. The first-order valence-corrected chi connectivity index (χ1v) is 12.7. The van der Waals surface area contributed by atoms with Gasteiger partial charge in [-0.1, -0.05) is 42.5 Å². The van der Waals surface area contributed by atoms with E-state index in [0.29, 0.717) is 43.2 Å². The van der Waals surface area contributed by atoms with Crippen molar-refractivity contribution in [2.24, 2.45) is 0 Å². The van der Waals surface area contributed by atoms with Crippen LogP contribution in [0.25, 0.3) is 17.2 Å². The van der Waals surface area contributed by atoms with E-state index in [-0.39, 0.29) is 17.9 Å². The maximum absolute atomic E-state index is 13.4. The molecule has 192 valence electrons. The second-order valence-electron chi connectivity index (χ2n) is 9.17. The van der Waals surface area contributed by atoms with Gasteiger partial charge in [-0.2, -0.15) is 9.50 Å². The van der Waals surface area contributed by atoms with E-state index in [2.05, 4.69) is 15.0 Å². The number of benzene rings is 2. The topological polar surface area (TPSA) is 85.0 Å². The Hall–Kier alpha value is -4.14. The van der Waals surface area contributed by atoms with Gasteiger partial charge in [-0.3, -0.25) is 9.59 Å². The van der Waals surface area contributed by atoms with Crippen LogP contribution in [-0.4, -0.2) is 63.3 Å². The van der Waals surface area contributed by atoms with Crippen LogP contribution in [0.3, 0.4) is 0 Å². The van der Waals surface area contributed by atoms with Crippen LogP contribution in [0, 0.1) is 6.92 Å². The summed E-state index contributed by atoms with van der Waals surface area (Å²) in [5.74, 6) is 1.93. The van der Waals surface area contributed by atoms with E-state index >= 15 is 0 Å². The molecule has 1 saturated heterocycles. The Morgan fingerprint density at radius 3 is 2.41 bits per heavy atom. The number of aryl methyl sites for hydroxylation is 1. The number of carbonyl (C=O) groups is 1. The quantitative estimate of drug-likeness (QED) is 0.388. The van der Waals surface area contributed by atoms with E-state index in [0.717, 1.165) is 35.8 Å². The largest absolute Gasteiger partial charge is 0.495 e. The second-order valence-corrected chi connectivity index (χ2v) is 9.17. The lowest BCUT2D eigenvalue weighted by molar-refractivity contribution is -0.131. The fourth-order valence-electron chi connectivity index (χ4n) is 5.06. The number of fused-ring (bicyclic) bond motifs is 1. The van der Waals surface area contributed by atoms with Gasteiger partial charge in [0.15, 0.2) is 5.82 Å². The predicted octanol–water partition coefficient (Wildman–Crippen LogP) is 3.18. The van der Waals surface area contributed by atoms with Crippen LogP contribution in [0.15, 0.2) is 59.4 Å². The van der Waals surface area contributed by atoms with Gasteiger partial charge >= 0.3 is 0 Å².